The molecule has 18 heavy (non-hydrogen) atoms. The maximum atomic E-state index is 5.95. The average Bonchev–Trinajstić information content (AvgIpc) is 2.84. The van der Waals surface area contributed by atoms with E-state index in [0.29, 0.717) is 11.7 Å². The Balaban J connectivity index is 2.18. The van der Waals surface area contributed by atoms with Crippen LogP contribution in [0.1, 0.15) is 0 Å². The second kappa shape index (κ2) is 4.27. The van der Waals surface area contributed by atoms with E-state index in [0.717, 1.165) is 21.2 Å². The number of ether oxygens (including phenoxy) is 1. The Bertz CT molecular complexity index is 691. The summed E-state index contributed by atoms with van der Waals surface area (Å²) in [5.41, 5.74) is 8.03. The monoisotopic (exact) mass is 257 g/mol. The predicted octanol–water partition coefficient (Wildman–Crippen LogP) is 2.95. The zero-order valence-corrected chi connectivity index (χ0v) is 10.6. The van der Waals surface area contributed by atoms with E-state index < -0.39 is 0 Å². The van der Waals surface area contributed by atoms with Crippen molar-refractivity contribution in [3.05, 3.63) is 36.0 Å². The van der Waals surface area contributed by atoms with Gasteiger partial charge in [-0.3, -0.25) is 0 Å². The Hall–Kier alpha value is -2.14. The first-order valence-corrected chi connectivity index (χ1v) is 6.29. The number of nitrogen functional groups attached to an aromatic ring is 1. The molecule has 0 fully saturated rings. The fraction of sp³-hybridized carbons (Fsp3) is 0.0769. The molecule has 0 saturated heterocycles. The first-order chi connectivity index (χ1) is 8.79. The molecule has 0 aliphatic heterocycles. The number of nitrogens with zero attached hydrogens (tertiary/aromatic N) is 2. The van der Waals surface area contributed by atoms with Crippen LogP contribution >= 0.6 is 11.3 Å². The summed E-state index contributed by atoms with van der Waals surface area (Å²) in [7, 11) is 1.60. The molecule has 90 valence electrons. The molecule has 0 aromatic carbocycles. The van der Waals surface area contributed by atoms with Crippen molar-refractivity contribution in [2.24, 2.45) is 0 Å². The van der Waals surface area contributed by atoms with Gasteiger partial charge in [-0.15, -0.1) is 11.3 Å². The lowest BCUT2D eigenvalue weighted by atomic mass is 10.1. The molecule has 5 heteroatoms. The van der Waals surface area contributed by atoms with Gasteiger partial charge in [0, 0.05) is 39.7 Å². The molecule has 0 aliphatic carbocycles. The molecule has 0 saturated carbocycles. The second-order valence-electron chi connectivity index (χ2n) is 3.81. The Labute approximate surface area is 108 Å². The van der Waals surface area contributed by atoms with Crippen molar-refractivity contribution in [2.75, 3.05) is 12.8 Å². The molecule has 3 aromatic rings. The Morgan fingerprint density at radius 2 is 2.11 bits per heavy atom. The zero-order chi connectivity index (χ0) is 12.5. The number of nitrogens with two attached hydrogens (primary N) is 1. The summed E-state index contributed by atoms with van der Waals surface area (Å²) in [5, 5.41) is 3.07. The van der Waals surface area contributed by atoms with Crippen molar-refractivity contribution in [3.63, 3.8) is 0 Å². The Morgan fingerprint density at radius 3 is 2.83 bits per heavy atom. The van der Waals surface area contributed by atoms with Gasteiger partial charge in [0.15, 0.2) is 0 Å². The Kier molecular flexibility index (Phi) is 2.60. The lowest BCUT2D eigenvalue weighted by Gasteiger charge is -2.03. The first-order valence-electron chi connectivity index (χ1n) is 5.41. The van der Waals surface area contributed by atoms with Crippen LogP contribution in [0, 0.1) is 0 Å². The minimum Gasteiger partial charge on any atom is -0.481 e. The summed E-state index contributed by atoms with van der Waals surface area (Å²) in [5.74, 6) is 1.16. The number of hydrogen-bond donors (Lipinski definition) is 1. The third-order valence-corrected chi connectivity index (χ3v) is 3.72. The number of fused-ring (bicyclic) bond motifs is 1. The number of hydrogen-bond acceptors (Lipinski definition) is 5. The first kappa shape index (κ1) is 11.0. The summed E-state index contributed by atoms with van der Waals surface area (Å²) < 4.78 is 6.18. The normalized spacial score (nSPS) is 10.7. The van der Waals surface area contributed by atoms with Crippen LogP contribution in [-0.4, -0.2) is 17.1 Å². The number of thiophene rings is 1. The molecule has 0 amide bonds. The van der Waals surface area contributed by atoms with Crippen LogP contribution in [0.5, 0.6) is 5.88 Å². The number of methoxy groups -OCH3 is 1. The second-order valence-corrected chi connectivity index (χ2v) is 4.72. The number of anilines is 1. The van der Waals surface area contributed by atoms with Crippen LogP contribution < -0.4 is 10.5 Å². The van der Waals surface area contributed by atoms with Gasteiger partial charge < -0.3 is 10.5 Å². The standard InChI is InChI=1S/C13H11N3OS/c1-17-11-3-2-8(6-16-11)9-7-18-10-4-5-15-13(14)12(9)10/h2-7H,1H3,(H2,14,15). The molecule has 0 aliphatic rings. The summed E-state index contributed by atoms with van der Waals surface area (Å²) in [6.45, 7) is 0. The van der Waals surface area contributed by atoms with Crippen molar-refractivity contribution in [3.8, 4) is 17.0 Å². The minimum atomic E-state index is 0.555. The van der Waals surface area contributed by atoms with E-state index in [1.807, 2.05) is 18.2 Å². The highest BCUT2D eigenvalue weighted by molar-refractivity contribution is 7.17. The molecule has 2 N–H and O–H groups in total. The van der Waals surface area contributed by atoms with Gasteiger partial charge in [0.1, 0.15) is 5.82 Å². The molecule has 0 atom stereocenters. The van der Waals surface area contributed by atoms with E-state index in [9.17, 15) is 0 Å². The lowest BCUT2D eigenvalue weighted by molar-refractivity contribution is 0.398. The van der Waals surface area contributed by atoms with Crippen LogP contribution in [0.2, 0.25) is 0 Å². The van der Waals surface area contributed by atoms with Gasteiger partial charge in [-0.2, -0.15) is 0 Å². The van der Waals surface area contributed by atoms with Crippen molar-refractivity contribution in [1.29, 1.82) is 0 Å². The molecule has 3 heterocycles. The summed E-state index contributed by atoms with van der Waals surface area (Å²) in [6.07, 6.45) is 3.51. The summed E-state index contributed by atoms with van der Waals surface area (Å²) >= 11 is 1.65. The van der Waals surface area contributed by atoms with Crippen molar-refractivity contribution in [1.82, 2.24) is 9.97 Å². The fourth-order valence-electron chi connectivity index (χ4n) is 1.88. The van der Waals surface area contributed by atoms with Gasteiger partial charge in [-0.1, -0.05) is 0 Å². The third kappa shape index (κ3) is 1.69. The number of pyridine rings is 2. The molecule has 4 nitrogen and oxygen atoms in total. The maximum Gasteiger partial charge on any atom is 0.212 e. The van der Waals surface area contributed by atoms with E-state index in [4.69, 9.17) is 10.5 Å². The molecule has 0 radical (unpaired) electrons. The van der Waals surface area contributed by atoms with E-state index in [1.165, 1.54) is 0 Å². The minimum absolute atomic E-state index is 0.555. The van der Waals surface area contributed by atoms with Gasteiger partial charge in [0.05, 0.1) is 7.11 Å². The van der Waals surface area contributed by atoms with Gasteiger partial charge in [-0.25, -0.2) is 9.97 Å². The SMILES string of the molecule is COc1ccc(-c2csc3ccnc(N)c23)cn1. The molecular weight excluding hydrogens is 246 g/mol. The highest BCUT2D eigenvalue weighted by Gasteiger charge is 2.10. The number of aromatic nitrogens is 2. The van der Waals surface area contributed by atoms with E-state index in [-0.39, 0.29) is 0 Å². The highest BCUT2D eigenvalue weighted by atomic mass is 32.1. The van der Waals surface area contributed by atoms with E-state index in [2.05, 4.69) is 15.3 Å². The molecule has 0 spiro atoms. The van der Waals surface area contributed by atoms with E-state index >= 15 is 0 Å². The van der Waals surface area contributed by atoms with Crippen molar-refractivity contribution < 1.29 is 4.74 Å². The smallest absolute Gasteiger partial charge is 0.212 e. The predicted molar refractivity (Wildman–Crippen MR) is 73.8 cm³/mol. The quantitative estimate of drug-likeness (QED) is 0.766. The summed E-state index contributed by atoms with van der Waals surface area (Å²) in [6, 6.07) is 5.78. The third-order valence-electron chi connectivity index (χ3n) is 2.77. The van der Waals surface area contributed by atoms with Crippen LogP contribution in [0.3, 0.4) is 0 Å². The van der Waals surface area contributed by atoms with Crippen molar-refractivity contribution >= 4 is 27.2 Å². The highest BCUT2D eigenvalue weighted by Crippen LogP contribution is 2.36. The van der Waals surface area contributed by atoms with Crippen molar-refractivity contribution in [2.45, 2.75) is 0 Å². The molecule has 0 bridgehead atoms. The van der Waals surface area contributed by atoms with E-state index in [1.54, 1.807) is 30.8 Å². The van der Waals surface area contributed by atoms with Gasteiger partial charge in [-0.05, 0) is 17.5 Å². The molecule has 0 unspecified atom stereocenters. The molecular formula is C13H11N3OS. The molecule has 3 aromatic heterocycles. The largest absolute Gasteiger partial charge is 0.481 e. The van der Waals surface area contributed by atoms with Crippen LogP contribution in [0.25, 0.3) is 21.2 Å². The van der Waals surface area contributed by atoms with Crippen LogP contribution in [0.15, 0.2) is 36.0 Å². The zero-order valence-electron chi connectivity index (χ0n) is 9.75. The topological polar surface area (TPSA) is 61.0 Å². The van der Waals surface area contributed by atoms with Gasteiger partial charge in [0.25, 0.3) is 0 Å². The lowest BCUT2D eigenvalue weighted by Crippen LogP contribution is -1.91. The summed E-state index contributed by atoms with van der Waals surface area (Å²) in [4.78, 5) is 8.35. The van der Waals surface area contributed by atoms with Gasteiger partial charge >= 0.3 is 0 Å². The van der Waals surface area contributed by atoms with Crippen LogP contribution in [0.4, 0.5) is 5.82 Å². The van der Waals surface area contributed by atoms with Gasteiger partial charge in [0.2, 0.25) is 5.88 Å². The fourth-order valence-corrected chi connectivity index (χ4v) is 2.85. The Morgan fingerprint density at radius 1 is 1.22 bits per heavy atom. The average molecular weight is 257 g/mol. The molecule has 3 rings (SSSR count). The number of rotatable bonds is 2. The van der Waals surface area contributed by atoms with Crippen LogP contribution in [-0.2, 0) is 0 Å². The maximum absolute atomic E-state index is 5.95.